The predicted molar refractivity (Wildman–Crippen MR) is 66.2 cm³/mol. The second-order valence-corrected chi connectivity index (χ2v) is 5.50. The molecule has 1 N–H and O–H groups in total. The van der Waals surface area contributed by atoms with Gasteiger partial charge in [-0.1, -0.05) is 13.8 Å². The number of aryl methyl sites for hydroxylation is 1. The van der Waals surface area contributed by atoms with Crippen molar-refractivity contribution in [2.45, 2.75) is 40.2 Å². The lowest BCUT2D eigenvalue weighted by molar-refractivity contribution is 0.337. The first-order chi connectivity index (χ1) is 7.55. The molecule has 1 fully saturated rings. The lowest BCUT2D eigenvalue weighted by Crippen LogP contribution is -2.27. The van der Waals surface area contributed by atoms with E-state index in [9.17, 15) is 0 Å². The fourth-order valence-corrected chi connectivity index (χ4v) is 2.28. The first kappa shape index (κ1) is 11.6. The Bertz CT molecular complexity index is 361. The SMILES string of the molecule is Cc1c(CNCC2(C(C)C)CC2)cnn1C. The van der Waals surface area contributed by atoms with Crippen LogP contribution in [0.3, 0.4) is 0 Å². The molecule has 0 spiro atoms. The second-order valence-electron chi connectivity index (χ2n) is 5.50. The van der Waals surface area contributed by atoms with E-state index in [1.807, 2.05) is 17.9 Å². The van der Waals surface area contributed by atoms with Crippen molar-refractivity contribution in [3.63, 3.8) is 0 Å². The van der Waals surface area contributed by atoms with Crippen LogP contribution in [-0.2, 0) is 13.6 Å². The monoisotopic (exact) mass is 221 g/mol. The van der Waals surface area contributed by atoms with Crippen LogP contribution in [0.25, 0.3) is 0 Å². The third kappa shape index (κ3) is 2.14. The van der Waals surface area contributed by atoms with Gasteiger partial charge in [-0.25, -0.2) is 0 Å². The molecule has 16 heavy (non-hydrogen) atoms. The largest absolute Gasteiger partial charge is 0.312 e. The molecule has 0 aliphatic heterocycles. The summed E-state index contributed by atoms with van der Waals surface area (Å²) < 4.78 is 1.94. The number of nitrogens with one attached hydrogen (secondary N) is 1. The summed E-state index contributed by atoms with van der Waals surface area (Å²) in [5.41, 5.74) is 3.18. The number of hydrogen-bond acceptors (Lipinski definition) is 2. The van der Waals surface area contributed by atoms with E-state index in [-0.39, 0.29) is 0 Å². The van der Waals surface area contributed by atoms with Crippen molar-refractivity contribution in [2.24, 2.45) is 18.4 Å². The van der Waals surface area contributed by atoms with Crippen LogP contribution in [0.1, 0.15) is 37.9 Å². The van der Waals surface area contributed by atoms with Crippen LogP contribution in [0.5, 0.6) is 0 Å². The zero-order valence-corrected chi connectivity index (χ0v) is 10.9. The highest BCUT2D eigenvalue weighted by molar-refractivity contribution is 5.15. The summed E-state index contributed by atoms with van der Waals surface area (Å²) >= 11 is 0. The molecular formula is C13H23N3. The summed E-state index contributed by atoms with van der Waals surface area (Å²) in [6.07, 6.45) is 4.75. The third-order valence-electron chi connectivity index (χ3n) is 4.25. The van der Waals surface area contributed by atoms with Crippen LogP contribution in [0.2, 0.25) is 0 Å². The molecule has 0 aromatic carbocycles. The standard InChI is InChI=1S/C13H23N3/c1-10(2)13(5-6-13)9-14-7-12-8-15-16(4)11(12)3/h8,10,14H,5-7,9H2,1-4H3. The molecule has 1 aliphatic carbocycles. The van der Waals surface area contributed by atoms with E-state index < -0.39 is 0 Å². The molecule has 0 radical (unpaired) electrons. The smallest absolute Gasteiger partial charge is 0.0537 e. The van der Waals surface area contributed by atoms with Crippen LogP contribution < -0.4 is 5.32 Å². The lowest BCUT2D eigenvalue weighted by atomic mass is 9.92. The maximum Gasteiger partial charge on any atom is 0.0537 e. The molecule has 0 atom stereocenters. The van der Waals surface area contributed by atoms with E-state index in [4.69, 9.17) is 0 Å². The molecule has 1 aliphatic rings. The van der Waals surface area contributed by atoms with E-state index in [0.717, 1.165) is 19.0 Å². The van der Waals surface area contributed by atoms with Gasteiger partial charge >= 0.3 is 0 Å². The Balaban J connectivity index is 1.83. The molecule has 1 heterocycles. The highest BCUT2D eigenvalue weighted by atomic mass is 15.3. The Kier molecular flexibility index (Phi) is 3.06. The van der Waals surface area contributed by atoms with Gasteiger partial charge in [-0.05, 0) is 31.1 Å². The highest BCUT2D eigenvalue weighted by Crippen LogP contribution is 2.51. The molecular weight excluding hydrogens is 198 g/mol. The van der Waals surface area contributed by atoms with Crippen molar-refractivity contribution in [1.29, 1.82) is 0 Å². The van der Waals surface area contributed by atoms with Gasteiger partial charge in [-0.2, -0.15) is 5.10 Å². The average molecular weight is 221 g/mol. The van der Waals surface area contributed by atoms with Crippen molar-refractivity contribution in [2.75, 3.05) is 6.54 Å². The molecule has 0 saturated heterocycles. The highest BCUT2D eigenvalue weighted by Gasteiger charge is 2.44. The quantitative estimate of drug-likeness (QED) is 0.826. The first-order valence-electron chi connectivity index (χ1n) is 6.23. The molecule has 0 bridgehead atoms. The van der Waals surface area contributed by atoms with Crippen LogP contribution in [0.15, 0.2) is 6.20 Å². The molecule has 1 saturated carbocycles. The van der Waals surface area contributed by atoms with Crippen molar-refractivity contribution in [3.8, 4) is 0 Å². The maximum absolute atomic E-state index is 4.26. The summed E-state index contributed by atoms with van der Waals surface area (Å²) in [6.45, 7) is 8.90. The Morgan fingerprint density at radius 2 is 2.19 bits per heavy atom. The first-order valence-corrected chi connectivity index (χ1v) is 6.23. The fourth-order valence-electron chi connectivity index (χ4n) is 2.28. The van der Waals surface area contributed by atoms with Crippen LogP contribution in [-0.4, -0.2) is 16.3 Å². The minimum Gasteiger partial charge on any atom is -0.312 e. The molecule has 1 aromatic heterocycles. The van der Waals surface area contributed by atoms with Gasteiger partial charge in [0.25, 0.3) is 0 Å². The minimum atomic E-state index is 0.593. The van der Waals surface area contributed by atoms with Gasteiger partial charge in [0, 0.05) is 31.4 Å². The second kappa shape index (κ2) is 4.21. The van der Waals surface area contributed by atoms with Gasteiger partial charge in [0.05, 0.1) is 6.20 Å². The van der Waals surface area contributed by atoms with E-state index in [0.29, 0.717) is 5.41 Å². The average Bonchev–Trinajstić information content (AvgIpc) is 2.96. The Labute approximate surface area is 98.2 Å². The minimum absolute atomic E-state index is 0.593. The van der Waals surface area contributed by atoms with Gasteiger partial charge < -0.3 is 5.32 Å². The van der Waals surface area contributed by atoms with Gasteiger partial charge in [0.1, 0.15) is 0 Å². The van der Waals surface area contributed by atoms with Gasteiger partial charge in [-0.3, -0.25) is 4.68 Å². The van der Waals surface area contributed by atoms with Crippen molar-refractivity contribution >= 4 is 0 Å². The van der Waals surface area contributed by atoms with E-state index >= 15 is 0 Å². The summed E-state index contributed by atoms with van der Waals surface area (Å²) in [4.78, 5) is 0. The summed E-state index contributed by atoms with van der Waals surface area (Å²) in [7, 11) is 2.00. The molecule has 0 amide bonds. The summed E-state index contributed by atoms with van der Waals surface area (Å²) in [5, 5.41) is 7.85. The lowest BCUT2D eigenvalue weighted by Gasteiger charge is -2.19. The molecule has 3 heteroatoms. The Hall–Kier alpha value is -0.830. The molecule has 3 nitrogen and oxygen atoms in total. The predicted octanol–water partition coefficient (Wildman–Crippen LogP) is 2.25. The zero-order chi connectivity index (χ0) is 11.8. The molecule has 90 valence electrons. The summed E-state index contributed by atoms with van der Waals surface area (Å²) in [6, 6.07) is 0. The topological polar surface area (TPSA) is 29.9 Å². The van der Waals surface area contributed by atoms with Gasteiger partial charge in [-0.15, -0.1) is 0 Å². The van der Waals surface area contributed by atoms with Gasteiger partial charge in [0.15, 0.2) is 0 Å². The molecule has 1 aromatic rings. The van der Waals surface area contributed by atoms with Crippen LogP contribution >= 0.6 is 0 Å². The van der Waals surface area contributed by atoms with Gasteiger partial charge in [0.2, 0.25) is 0 Å². The van der Waals surface area contributed by atoms with Crippen molar-refractivity contribution in [3.05, 3.63) is 17.5 Å². The Morgan fingerprint density at radius 1 is 1.50 bits per heavy atom. The molecule has 0 unspecified atom stereocenters. The van der Waals surface area contributed by atoms with Crippen LogP contribution in [0.4, 0.5) is 0 Å². The van der Waals surface area contributed by atoms with Crippen molar-refractivity contribution < 1.29 is 0 Å². The number of aromatic nitrogens is 2. The fraction of sp³-hybridized carbons (Fsp3) is 0.769. The van der Waals surface area contributed by atoms with E-state index in [1.54, 1.807) is 0 Å². The number of rotatable bonds is 5. The van der Waals surface area contributed by atoms with Crippen molar-refractivity contribution in [1.82, 2.24) is 15.1 Å². The number of nitrogens with zero attached hydrogens (tertiary/aromatic N) is 2. The molecule has 2 rings (SSSR count). The van der Waals surface area contributed by atoms with Crippen LogP contribution in [0, 0.1) is 18.3 Å². The third-order valence-corrected chi connectivity index (χ3v) is 4.25. The normalized spacial score (nSPS) is 18.1. The van der Waals surface area contributed by atoms with E-state index in [1.165, 1.54) is 24.1 Å². The number of hydrogen-bond donors (Lipinski definition) is 1. The van der Waals surface area contributed by atoms with E-state index in [2.05, 4.69) is 31.2 Å². The zero-order valence-electron chi connectivity index (χ0n) is 10.9. The Morgan fingerprint density at radius 3 is 2.62 bits per heavy atom. The summed E-state index contributed by atoms with van der Waals surface area (Å²) in [5.74, 6) is 0.801. The maximum atomic E-state index is 4.26.